The van der Waals surface area contributed by atoms with Crippen LogP contribution < -0.4 is 11.3 Å². The number of H-pyrrole nitrogens is 1. The van der Waals surface area contributed by atoms with Gasteiger partial charge in [-0.05, 0) is 18.2 Å². The van der Waals surface area contributed by atoms with E-state index in [-0.39, 0.29) is 17.8 Å². The second-order valence-corrected chi connectivity index (χ2v) is 3.53. The molecule has 2 rings (SSSR count). The van der Waals surface area contributed by atoms with Crippen LogP contribution in [0.3, 0.4) is 0 Å². The maximum Gasteiger partial charge on any atom is 0.252 e. The van der Waals surface area contributed by atoms with Crippen molar-refractivity contribution < 1.29 is 8.78 Å². The summed E-state index contributed by atoms with van der Waals surface area (Å²) in [6.07, 6.45) is 0. The molecule has 3 N–H and O–H groups in total. The largest absolute Gasteiger partial charge is 0.326 e. The molecule has 1 aromatic carbocycles. The van der Waals surface area contributed by atoms with Crippen molar-refractivity contribution in [3.63, 3.8) is 0 Å². The zero-order valence-electron chi connectivity index (χ0n) is 8.84. The number of hydrogen-bond acceptors (Lipinski definition) is 2. The van der Waals surface area contributed by atoms with E-state index in [9.17, 15) is 13.6 Å². The average Bonchev–Trinajstić information content (AvgIpc) is 2.29. The maximum absolute atomic E-state index is 13.5. The minimum absolute atomic E-state index is 0.0787. The van der Waals surface area contributed by atoms with Gasteiger partial charge in [0.25, 0.3) is 5.56 Å². The summed E-state index contributed by atoms with van der Waals surface area (Å²) < 4.78 is 26.9. The van der Waals surface area contributed by atoms with Crippen molar-refractivity contribution in [2.45, 2.75) is 6.54 Å². The van der Waals surface area contributed by atoms with E-state index in [2.05, 4.69) is 4.98 Å². The summed E-state index contributed by atoms with van der Waals surface area (Å²) in [5.41, 5.74) is 5.12. The summed E-state index contributed by atoms with van der Waals surface area (Å²) >= 11 is 0. The molecule has 1 heterocycles. The second-order valence-electron chi connectivity index (χ2n) is 3.53. The van der Waals surface area contributed by atoms with Gasteiger partial charge in [-0.2, -0.15) is 0 Å². The quantitative estimate of drug-likeness (QED) is 0.835. The minimum atomic E-state index is -0.721. The Hall–Kier alpha value is -2.01. The Morgan fingerprint density at radius 1 is 1.12 bits per heavy atom. The number of rotatable bonds is 2. The molecule has 0 bridgehead atoms. The van der Waals surface area contributed by atoms with Crippen LogP contribution in [0.4, 0.5) is 8.78 Å². The number of aromatic nitrogens is 1. The van der Waals surface area contributed by atoms with E-state index in [1.54, 1.807) is 0 Å². The first kappa shape index (κ1) is 11.5. The van der Waals surface area contributed by atoms with E-state index in [1.807, 2.05) is 0 Å². The van der Waals surface area contributed by atoms with Gasteiger partial charge < -0.3 is 10.7 Å². The first-order valence-electron chi connectivity index (χ1n) is 5.00. The fourth-order valence-corrected chi connectivity index (χ4v) is 1.57. The van der Waals surface area contributed by atoms with E-state index in [0.29, 0.717) is 5.56 Å². The number of nitrogens with two attached hydrogens (primary N) is 1. The molecule has 88 valence electrons. The highest BCUT2D eigenvalue weighted by Gasteiger charge is 2.12. The molecular weight excluding hydrogens is 226 g/mol. The summed E-state index contributed by atoms with van der Waals surface area (Å²) in [5.74, 6) is -1.44. The monoisotopic (exact) mass is 236 g/mol. The minimum Gasteiger partial charge on any atom is -0.326 e. The van der Waals surface area contributed by atoms with Crippen LogP contribution in [0.25, 0.3) is 11.3 Å². The van der Waals surface area contributed by atoms with E-state index in [0.717, 1.165) is 12.1 Å². The topological polar surface area (TPSA) is 58.9 Å². The summed E-state index contributed by atoms with van der Waals surface area (Å²) in [4.78, 5) is 13.9. The number of pyridine rings is 1. The van der Waals surface area contributed by atoms with Gasteiger partial charge in [0.1, 0.15) is 11.6 Å². The highest BCUT2D eigenvalue weighted by Crippen LogP contribution is 2.23. The van der Waals surface area contributed by atoms with E-state index in [4.69, 9.17) is 5.73 Å². The van der Waals surface area contributed by atoms with Gasteiger partial charge in [-0.15, -0.1) is 0 Å². The lowest BCUT2D eigenvalue weighted by molar-refractivity contribution is 0.588. The average molecular weight is 236 g/mol. The summed E-state index contributed by atoms with van der Waals surface area (Å²) in [5, 5.41) is 0. The Labute approximate surface area is 95.9 Å². The van der Waals surface area contributed by atoms with Crippen LogP contribution >= 0.6 is 0 Å². The molecule has 0 aliphatic carbocycles. The van der Waals surface area contributed by atoms with Crippen LogP contribution in [0.15, 0.2) is 35.1 Å². The maximum atomic E-state index is 13.5. The highest BCUT2D eigenvalue weighted by atomic mass is 19.1. The van der Waals surface area contributed by atoms with Crippen LogP contribution in [0.2, 0.25) is 0 Å². The van der Waals surface area contributed by atoms with Crippen LogP contribution in [0.5, 0.6) is 0 Å². The Morgan fingerprint density at radius 2 is 1.76 bits per heavy atom. The molecule has 0 atom stereocenters. The molecule has 3 nitrogen and oxygen atoms in total. The number of benzene rings is 1. The number of hydrogen-bond donors (Lipinski definition) is 2. The lowest BCUT2D eigenvalue weighted by atomic mass is 10.1. The third-order valence-corrected chi connectivity index (χ3v) is 2.44. The SMILES string of the molecule is NCc1ccc(-c2c(F)cccc2F)[nH]c1=O. The Morgan fingerprint density at radius 3 is 2.29 bits per heavy atom. The Balaban J connectivity index is 2.62. The van der Waals surface area contributed by atoms with Crippen molar-refractivity contribution in [2.24, 2.45) is 5.73 Å². The molecule has 0 fully saturated rings. The van der Waals surface area contributed by atoms with Gasteiger partial charge in [0.2, 0.25) is 0 Å². The standard InChI is InChI=1S/C12H10F2N2O/c13-8-2-1-3-9(14)11(8)10-5-4-7(6-15)12(17)16-10/h1-5H,6,15H2,(H,16,17). The van der Waals surface area contributed by atoms with Crippen molar-refractivity contribution in [1.29, 1.82) is 0 Å². The van der Waals surface area contributed by atoms with Crippen molar-refractivity contribution in [3.05, 3.63) is 57.9 Å². The van der Waals surface area contributed by atoms with Gasteiger partial charge in [0.05, 0.1) is 11.3 Å². The van der Waals surface area contributed by atoms with Crippen molar-refractivity contribution in [3.8, 4) is 11.3 Å². The molecule has 17 heavy (non-hydrogen) atoms. The summed E-state index contributed by atoms with van der Waals surface area (Å²) in [7, 11) is 0. The lowest BCUT2D eigenvalue weighted by Gasteiger charge is -2.05. The zero-order chi connectivity index (χ0) is 12.4. The predicted molar refractivity (Wildman–Crippen MR) is 60.3 cm³/mol. The molecular formula is C12H10F2N2O. The second kappa shape index (κ2) is 4.47. The van der Waals surface area contributed by atoms with Gasteiger partial charge in [-0.1, -0.05) is 12.1 Å². The molecule has 0 saturated heterocycles. The third kappa shape index (κ3) is 2.09. The van der Waals surface area contributed by atoms with E-state index < -0.39 is 17.2 Å². The molecule has 1 aromatic heterocycles. The molecule has 0 amide bonds. The van der Waals surface area contributed by atoms with Gasteiger partial charge in [-0.3, -0.25) is 4.79 Å². The van der Waals surface area contributed by atoms with E-state index in [1.165, 1.54) is 18.2 Å². The van der Waals surface area contributed by atoms with Crippen molar-refractivity contribution >= 4 is 0 Å². The van der Waals surface area contributed by atoms with Crippen LogP contribution in [0, 0.1) is 11.6 Å². The lowest BCUT2D eigenvalue weighted by Crippen LogP contribution is -2.16. The third-order valence-electron chi connectivity index (χ3n) is 2.44. The number of nitrogens with one attached hydrogen (secondary N) is 1. The fourth-order valence-electron chi connectivity index (χ4n) is 1.57. The molecule has 0 radical (unpaired) electrons. The smallest absolute Gasteiger partial charge is 0.252 e. The zero-order valence-corrected chi connectivity index (χ0v) is 8.84. The number of halogens is 2. The Bertz CT molecular complexity index is 587. The molecule has 0 spiro atoms. The first-order valence-corrected chi connectivity index (χ1v) is 5.00. The van der Waals surface area contributed by atoms with Gasteiger partial charge in [0.15, 0.2) is 0 Å². The fraction of sp³-hybridized carbons (Fsp3) is 0.0833. The predicted octanol–water partition coefficient (Wildman–Crippen LogP) is 1.78. The molecule has 2 aromatic rings. The molecule has 0 aliphatic heterocycles. The molecule has 0 saturated carbocycles. The summed E-state index contributed by atoms with van der Waals surface area (Å²) in [6.45, 7) is 0.0787. The highest BCUT2D eigenvalue weighted by molar-refractivity contribution is 5.60. The molecule has 0 aliphatic rings. The molecule has 0 unspecified atom stereocenters. The summed E-state index contributed by atoms with van der Waals surface area (Å²) in [6, 6.07) is 6.42. The van der Waals surface area contributed by atoms with Crippen LogP contribution in [-0.2, 0) is 6.54 Å². The molecule has 5 heteroatoms. The van der Waals surface area contributed by atoms with Gasteiger partial charge >= 0.3 is 0 Å². The number of aromatic amines is 1. The Kier molecular flexibility index (Phi) is 3.01. The van der Waals surface area contributed by atoms with Gasteiger partial charge in [0, 0.05) is 12.1 Å². The van der Waals surface area contributed by atoms with Crippen LogP contribution in [0.1, 0.15) is 5.56 Å². The van der Waals surface area contributed by atoms with Gasteiger partial charge in [-0.25, -0.2) is 8.78 Å². The normalized spacial score (nSPS) is 10.5. The van der Waals surface area contributed by atoms with Crippen molar-refractivity contribution in [2.75, 3.05) is 0 Å². The first-order chi connectivity index (χ1) is 8.13. The van der Waals surface area contributed by atoms with Crippen LogP contribution in [-0.4, -0.2) is 4.98 Å². The van der Waals surface area contributed by atoms with Crippen molar-refractivity contribution in [1.82, 2.24) is 4.98 Å². The van der Waals surface area contributed by atoms with E-state index >= 15 is 0 Å².